The fourth-order valence-corrected chi connectivity index (χ4v) is 1.19. The number of nitrogens with zero attached hydrogens (tertiary/aromatic N) is 1. The number of hydrogen-bond donors (Lipinski definition) is 2. The van der Waals surface area contributed by atoms with Gasteiger partial charge in [-0.15, -0.1) is 0 Å². The van der Waals surface area contributed by atoms with E-state index < -0.39 is 0 Å². The molecule has 0 bridgehead atoms. The Labute approximate surface area is 95.6 Å². The van der Waals surface area contributed by atoms with E-state index in [0.29, 0.717) is 19.5 Å². The highest BCUT2D eigenvalue weighted by atomic mass is 16.3. The summed E-state index contributed by atoms with van der Waals surface area (Å²) in [5.74, 6) is 0.863. The third-order valence-corrected chi connectivity index (χ3v) is 2.33. The second-order valence-corrected chi connectivity index (χ2v) is 3.77. The van der Waals surface area contributed by atoms with Gasteiger partial charge in [0, 0.05) is 19.0 Å². The molecular formula is C11H19N3O2. The lowest BCUT2D eigenvalue weighted by Crippen LogP contribution is -2.33. The number of hydrogen-bond acceptors (Lipinski definition) is 4. The normalized spacial score (nSPS) is 12.4. The average Bonchev–Trinajstić information content (AvgIpc) is 2.77. The minimum Gasteiger partial charge on any atom is -0.447 e. The first-order valence-electron chi connectivity index (χ1n) is 5.59. The van der Waals surface area contributed by atoms with E-state index >= 15 is 0 Å². The van der Waals surface area contributed by atoms with Gasteiger partial charge in [0.2, 0.25) is 5.91 Å². The lowest BCUT2D eigenvalue weighted by molar-refractivity contribution is -0.121. The molecule has 16 heavy (non-hydrogen) atoms. The number of nitrogens with one attached hydrogen (secondary N) is 2. The third-order valence-electron chi connectivity index (χ3n) is 2.33. The van der Waals surface area contributed by atoms with Gasteiger partial charge < -0.3 is 15.1 Å². The van der Waals surface area contributed by atoms with Gasteiger partial charge in [0.1, 0.15) is 5.76 Å². The zero-order valence-electron chi connectivity index (χ0n) is 9.82. The molecule has 0 aliphatic carbocycles. The van der Waals surface area contributed by atoms with E-state index in [1.807, 2.05) is 13.8 Å². The number of carbonyl (C=O) groups is 1. The smallest absolute Gasteiger partial charge is 0.221 e. The highest BCUT2D eigenvalue weighted by Crippen LogP contribution is 1.95. The summed E-state index contributed by atoms with van der Waals surface area (Å²) < 4.78 is 5.05. The van der Waals surface area contributed by atoms with Crippen LogP contribution in [0.15, 0.2) is 17.0 Å². The lowest BCUT2D eigenvalue weighted by Gasteiger charge is -2.11. The number of rotatable bonds is 7. The van der Waals surface area contributed by atoms with Crippen molar-refractivity contribution in [2.45, 2.75) is 39.3 Å². The SMILES string of the molecule is CCC(C)NC(=O)CCNCc1cnco1. The zero-order chi connectivity index (χ0) is 11.8. The van der Waals surface area contributed by atoms with Crippen LogP contribution in [0.5, 0.6) is 0 Å². The van der Waals surface area contributed by atoms with Crippen molar-refractivity contribution in [3.05, 3.63) is 18.4 Å². The van der Waals surface area contributed by atoms with Crippen LogP contribution >= 0.6 is 0 Å². The molecule has 0 aliphatic heterocycles. The first kappa shape index (κ1) is 12.7. The van der Waals surface area contributed by atoms with Crippen LogP contribution in [0.1, 0.15) is 32.4 Å². The molecule has 1 amide bonds. The molecule has 0 aliphatic rings. The van der Waals surface area contributed by atoms with Gasteiger partial charge in [-0.25, -0.2) is 4.98 Å². The highest BCUT2D eigenvalue weighted by Gasteiger charge is 2.04. The largest absolute Gasteiger partial charge is 0.447 e. The van der Waals surface area contributed by atoms with Gasteiger partial charge in [0.05, 0.1) is 12.7 Å². The Balaban J connectivity index is 2.04. The molecule has 0 saturated carbocycles. The number of amides is 1. The minimum absolute atomic E-state index is 0.0828. The molecule has 1 aromatic rings. The predicted molar refractivity (Wildman–Crippen MR) is 60.7 cm³/mol. The average molecular weight is 225 g/mol. The molecule has 0 spiro atoms. The van der Waals surface area contributed by atoms with Gasteiger partial charge >= 0.3 is 0 Å². The van der Waals surface area contributed by atoms with Gasteiger partial charge in [0.15, 0.2) is 6.39 Å². The first-order chi connectivity index (χ1) is 7.72. The van der Waals surface area contributed by atoms with Crippen LogP contribution in [0.3, 0.4) is 0 Å². The minimum atomic E-state index is 0.0828. The van der Waals surface area contributed by atoms with Gasteiger partial charge in [0.25, 0.3) is 0 Å². The molecule has 1 aromatic heterocycles. The predicted octanol–water partition coefficient (Wildman–Crippen LogP) is 1.07. The molecule has 1 heterocycles. The first-order valence-corrected chi connectivity index (χ1v) is 5.59. The summed E-state index contributed by atoms with van der Waals surface area (Å²) in [5.41, 5.74) is 0. The summed E-state index contributed by atoms with van der Waals surface area (Å²) in [5, 5.41) is 6.02. The molecule has 0 radical (unpaired) electrons. The Hall–Kier alpha value is -1.36. The van der Waals surface area contributed by atoms with Gasteiger partial charge in [-0.2, -0.15) is 0 Å². The fraction of sp³-hybridized carbons (Fsp3) is 0.636. The standard InChI is InChI=1S/C11H19N3O2/c1-3-9(2)14-11(15)4-5-12-6-10-7-13-8-16-10/h7-9,12H,3-6H2,1-2H3,(H,14,15). The van der Waals surface area contributed by atoms with Crippen LogP contribution in [-0.4, -0.2) is 23.5 Å². The maximum atomic E-state index is 11.4. The third kappa shape index (κ3) is 4.93. The Bertz CT molecular complexity index is 298. The maximum Gasteiger partial charge on any atom is 0.221 e. The van der Waals surface area contributed by atoms with E-state index in [2.05, 4.69) is 15.6 Å². The number of carbonyl (C=O) groups excluding carboxylic acids is 1. The van der Waals surface area contributed by atoms with Crippen LogP contribution < -0.4 is 10.6 Å². The number of aromatic nitrogens is 1. The molecule has 1 unspecified atom stereocenters. The molecule has 5 nitrogen and oxygen atoms in total. The van der Waals surface area contributed by atoms with E-state index in [9.17, 15) is 4.79 Å². The Morgan fingerprint density at radius 1 is 1.62 bits per heavy atom. The van der Waals surface area contributed by atoms with Crippen LogP contribution in [0.2, 0.25) is 0 Å². The Kier molecular flexibility index (Phi) is 5.56. The van der Waals surface area contributed by atoms with Gasteiger partial charge in [-0.3, -0.25) is 4.79 Å². The van der Waals surface area contributed by atoms with Crippen LogP contribution in [0.4, 0.5) is 0 Å². The molecule has 0 aromatic carbocycles. The number of oxazole rings is 1. The van der Waals surface area contributed by atoms with E-state index in [4.69, 9.17) is 4.42 Å². The Morgan fingerprint density at radius 3 is 3.06 bits per heavy atom. The van der Waals surface area contributed by atoms with Crippen molar-refractivity contribution < 1.29 is 9.21 Å². The van der Waals surface area contributed by atoms with Crippen LogP contribution in [0, 0.1) is 0 Å². The monoisotopic (exact) mass is 225 g/mol. The summed E-state index contributed by atoms with van der Waals surface area (Å²) in [6.45, 7) is 5.30. The quantitative estimate of drug-likeness (QED) is 0.681. The van der Waals surface area contributed by atoms with Crippen molar-refractivity contribution in [2.24, 2.45) is 0 Å². The Morgan fingerprint density at radius 2 is 2.44 bits per heavy atom. The molecular weight excluding hydrogens is 206 g/mol. The van der Waals surface area contributed by atoms with Crippen molar-refractivity contribution in [3.8, 4) is 0 Å². The highest BCUT2D eigenvalue weighted by molar-refractivity contribution is 5.76. The molecule has 5 heteroatoms. The van der Waals surface area contributed by atoms with Crippen molar-refractivity contribution in [1.82, 2.24) is 15.6 Å². The van der Waals surface area contributed by atoms with Crippen molar-refractivity contribution >= 4 is 5.91 Å². The summed E-state index contributed by atoms with van der Waals surface area (Å²) in [4.78, 5) is 15.2. The van der Waals surface area contributed by atoms with Crippen LogP contribution in [-0.2, 0) is 11.3 Å². The lowest BCUT2D eigenvalue weighted by atomic mass is 10.2. The van der Waals surface area contributed by atoms with E-state index in [0.717, 1.165) is 12.2 Å². The van der Waals surface area contributed by atoms with E-state index in [1.165, 1.54) is 6.39 Å². The molecule has 90 valence electrons. The summed E-state index contributed by atoms with van der Waals surface area (Å²) in [6.07, 6.45) is 4.49. The maximum absolute atomic E-state index is 11.4. The van der Waals surface area contributed by atoms with Crippen molar-refractivity contribution in [2.75, 3.05) is 6.54 Å². The van der Waals surface area contributed by atoms with Crippen molar-refractivity contribution in [3.63, 3.8) is 0 Å². The topological polar surface area (TPSA) is 67.2 Å². The van der Waals surface area contributed by atoms with Gasteiger partial charge in [-0.05, 0) is 13.3 Å². The summed E-state index contributed by atoms with van der Waals surface area (Å²) in [7, 11) is 0. The molecule has 1 rings (SSSR count). The van der Waals surface area contributed by atoms with Gasteiger partial charge in [-0.1, -0.05) is 6.92 Å². The van der Waals surface area contributed by atoms with Crippen molar-refractivity contribution in [1.29, 1.82) is 0 Å². The second-order valence-electron chi connectivity index (χ2n) is 3.77. The molecule has 2 N–H and O–H groups in total. The molecule has 0 fully saturated rings. The second kappa shape index (κ2) is 7.00. The summed E-state index contributed by atoms with van der Waals surface area (Å²) in [6, 6.07) is 0.252. The molecule has 0 saturated heterocycles. The summed E-state index contributed by atoms with van der Waals surface area (Å²) >= 11 is 0. The zero-order valence-corrected chi connectivity index (χ0v) is 9.82. The van der Waals surface area contributed by atoms with E-state index in [1.54, 1.807) is 6.20 Å². The van der Waals surface area contributed by atoms with E-state index in [-0.39, 0.29) is 11.9 Å². The van der Waals surface area contributed by atoms with Crippen LogP contribution in [0.25, 0.3) is 0 Å². The fourth-order valence-electron chi connectivity index (χ4n) is 1.19. The molecule has 1 atom stereocenters.